The lowest BCUT2D eigenvalue weighted by Gasteiger charge is -2.23. The van der Waals surface area contributed by atoms with Crippen LogP contribution >= 0.6 is 0 Å². The van der Waals surface area contributed by atoms with Crippen LogP contribution in [0, 0.1) is 20.8 Å². The third kappa shape index (κ3) is 12.7. The van der Waals surface area contributed by atoms with Crippen molar-refractivity contribution in [3.8, 4) is 0 Å². The second-order valence-corrected chi connectivity index (χ2v) is 15.9. The Balaban J connectivity index is 1.55. The predicted octanol–water partition coefficient (Wildman–Crippen LogP) is 1.28. The molecular weight excluding hydrogens is 699 g/mol. The number of carbonyl (C=O) groups is 3. The Bertz CT molecular complexity index is 1710. The van der Waals surface area contributed by atoms with Gasteiger partial charge >= 0.3 is 18.1 Å². The van der Waals surface area contributed by atoms with Crippen molar-refractivity contribution in [3.63, 3.8) is 0 Å². The van der Waals surface area contributed by atoms with Crippen LogP contribution in [-0.4, -0.2) is 87.5 Å². The Hall–Kier alpha value is -4.72. The first-order chi connectivity index (χ1) is 23.0. The maximum absolute atomic E-state index is 12.5. The van der Waals surface area contributed by atoms with E-state index in [1.807, 2.05) is 14.2 Å². The van der Waals surface area contributed by atoms with Crippen molar-refractivity contribution in [3.05, 3.63) is 89.5 Å². The van der Waals surface area contributed by atoms with Gasteiger partial charge in [-0.25, -0.2) is 53.8 Å². The summed E-state index contributed by atoms with van der Waals surface area (Å²) in [5.74, 6) is 0. The quantitative estimate of drug-likeness (QED) is 0.131. The smallest absolute Gasteiger partial charge is 0.328 e. The number of sulfonamides is 3. The number of aryl methyl sites for hydroxylation is 3. The highest BCUT2D eigenvalue weighted by Crippen LogP contribution is 2.11. The average Bonchev–Trinajstić information content (AvgIpc) is 3.00. The number of nitrogens with one attached hydrogen (secondary N) is 6. The van der Waals surface area contributed by atoms with Crippen LogP contribution < -0.4 is 30.1 Å². The summed E-state index contributed by atoms with van der Waals surface area (Å²) in [6.07, 6.45) is 0. The Kier molecular flexibility index (Phi) is 13.5. The molecule has 0 saturated carbocycles. The fourth-order valence-electron chi connectivity index (χ4n) is 4.12. The highest BCUT2D eigenvalue weighted by molar-refractivity contribution is 7.90. The zero-order valence-corrected chi connectivity index (χ0v) is 29.5. The van der Waals surface area contributed by atoms with Crippen LogP contribution in [0.4, 0.5) is 14.4 Å². The van der Waals surface area contributed by atoms with Crippen LogP contribution in [0.25, 0.3) is 0 Å². The molecule has 0 unspecified atom stereocenters. The van der Waals surface area contributed by atoms with E-state index in [0.29, 0.717) is 0 Å². The number of hydrogen-bond donors (Lipinski definition) is 6. The standard InChI is InChI=1S/C30H39N7O9S3/c1-22-4-10-25(11-5-22)47(41,42)34-28(38)31-16-19-37(20-17-32-29(39)35-48(43,44)26-12-6-23(2)7-13-26)21-18-33-30(40)36-49(45,46)27-14-8-24(3)9-15-27/h4-15H,16-21H2,1-3H3,(H2,31,34,38)(H2,32,35,39)(H2,33,36,40). The second-order valence-electron chi connectivity index (χ2n) is 10.9. The lowest BCUT2D eigenvalue weighted by atomic mass is 10.2. The molecule has 0 aliphatic rings. The van der Waals surface area contributed by atoms with Gasteiger partial charge in [0, 0.05) is 39.3 Å². The molecule has 6 amide bonds. The van der Waals surface area contributed by atoms with E-state index in [0.717, 1.165) is 16.7 Å². The van der Waals surface area contributed by atoms with Crippen molar-refractivity contribution in [2.45, 2.75) is 35.5 Å². The van der Waals surface area contributed by atoms with Crippen molar-refractivity contribution in [2.75, 3.05) is 39.3 Å². The van der Waals surface area contributed by atoms with Crippen molar-refractivity contribution in [1.29, 1.82) is 0 Å². The number of benzene rings is 3. The minimum absolute atomic E-state index is 0.0722. The molecule has 0 heterocycles. The molecule has 16 nitrogen and oxygen atoms in total. The second kappa shape index (κ2) is 17.1. The Morgan fingerprint density at radius 2 is 0.673 bits per heavy atom. The molecule has 0 bridgehead atoms. The number of urea groups is 3. The van der Waals surface area contributed by atoms with E-state index in [-0.39, 0.29) is 54.0 Å². The summed E-state index contributed by atoms with van der Waals surface area (Å²) in [5, 5.41) is 7.28. The molecule has 3 rings (SSSR count). The largest absolute Gasteiger partial charge is 0.336 e. The maximum Gasteiger partial charge on any atom is 0.328 e. The van der Waals surface area contributed by atoms with E-state index in [2.05, 4.69) is 16.0 Å². The van der Waals surface area contributed by atoms with Gasteiger partial charge in [-0.05, 0) is 57.2 Å². The summed E-state index contributed by atoms with van der Waals surface area (Å²) in [6, 6.07) is 14.7. The summed E-state index contributed by atoms with van der Waals surface area (Å²) in [4.78, 5) is 38.4. The number of hydrogen-bond acceptors (Lipinski definition) is 10. The summed E-state index contributed by atoms with van der Waals surface area (Å²) >= 11 is 0. The van der Waals surface area contributed by atoms with E-state index in [9.17, 15) is 39.6 Å². The van der Waals surface area contributed by atoms with Gasteiger partial charge in [0.1, 0.15) is 0 Å². The van der Waals surface area contributed by atoms with E-state index in [1.54, 1.807) is 62.1 Å². The Morgan fingerprint density at radius 3 is 0.898 bits per heavy atom. The zero-order chi connectivity index (χ0) is 36.2. The molecular formula is C30H39N7O9S3. The SMILES string of the molecule is Cc1ccc(S(=O)(=O)NC(=O)NCCN(CCNC(=O)NS(=O)(=O)c2ccc(C)cc2)CCNC(=O)NS(=O)(=O)c2ccc(C)cc2)cc1. The van der Waals surface area contributed by atoms with E-state index >= 15 is 0 Å². The van der Waals surface area contributed by atoms with Crippen LogP contribution in [0.15, 0.2) is 87.5 Å². The topological polar surface area (TPSA) is 229 Å². The molecule has 0 aliphatic heterocycles. The summed E-state index contributed by atoms with van der Waals surface area (Å²) < 4.78 is 80.8. The molecule has 3 aromatic rings. The van der Waals surface area contributed by atoms with Crippen LogP contribution in [0.2, 0.25) is 0 Å². The number of amides is 6. The lowest BCUT2D eigenvalue weighted by Crippen LogP contribution is -2.47. The van der Waals surface area contributed by atoms with Gasteiger partial charge in [-0.15, -0.1) is 0 Å². The van der Waals surface area contributed by atoms with Gasteiger partial charge in [0.2, 0.25) is 0 Å². The van der Waals surface area contributed by atoms with Crippen LogP contribution in [0.5, 0.6) is 0 Å². The number of carbonyl (C=O) groups excluding carboxylic acids is 3. The van der Waals surface area contributed by atoms with E-state index in [4.69, 9.17) is 0 Å². The molecule has 0 aromatic heterocycles. The van der Waals surface area contributed by atoms with Gasteiger partial charge < -0.3 is 16.0 Å². The first-order valence-corrected chi connectivity index (χ1v) is 19.3. The van der Waals surface area contributed by atoms with Crippen molar-refractivity contribution >= 4 is 48.2 Å². The normalized spacial score (nSPS) is 11.8. The van der Waals surface area contributed by atoms with Crippen molar-refractivity contribution in [2.24, 2.45) is 0 Å². The van der Waals surface area contributed by atoms with Gasteiger partial charge in [-0.3, -0.25) is 4.90 Å². The first kappa shape index (κ1) is 38.7. The molecule has 0 fully saturated rings. The van der Waals surface area contributed by atoms with Gasteiger partial charge in [0.15, 0.2) is 0 Å². The van der Waals surface area contributed by atoms with Gasteiger partial charge in [-0.1, -0.05) is 53.1 Å². The molecule has 0 aliphatic carbocycles. The third-order valence-corrected chi connectivity index (χ3v) is 10.9. The molecule has 0 spiro atoms. The lowest BCUT2D eigenvalue weighted by molar-refractivity contribution is 0.232. The summed E-state index contributed by atoms with van der Waals surface area (Å²) in [7, 11) is -12.4. The fourth-order valence-corrected chi connectivity index (χ4v) is 6.91. The molecule has 49 heavy (non-hydrogen) atoms. The van der Waals surface area contributed by atoms with Crippen LogP contribution in [-0.2, 0) is 30.1 Å². The Labute approximate surface area is 286 Å². The Morgan fingerprint density at radius 1 is 0.449 bits per heavy atom. The van der Waals surface area contributed by atoms with Crippen molar-refractivity contribution in [1.82, 2.24) is 35.0 Å². The number of nitrogens with zero attached hydrogens (tertiary/aromatic N) is 1. The van der Waals surface area contributed by atoms with Crippen LogP contribution in [0.1, 0.15) is 16.7 Å². The van der Waals surface area contributed by atoms with Crippen LogP contribution in [0.3, 0.4) is 0 Å². The monoisotopic (exact) mass is 737 g/mol. The maximum atomic E-state index is 12.5. The van der Waals surface area contributed by atoms with E-state index in [1.165, 1.54) is 36.4 Å². The number of rotatable bonds is 15. The molecule has 3 aromatic carbocycles. The average molecular weight is 738 g/mol. The van der Waals surface area contributed by atoms with Crippen molar-refractivity contribution < 1.29 is 39.6 Å². The molecule has 6 N–H and O–H groups in total. The minimum atomic E-state index is -4.13. The molecule has 266 valence electrons. The molecule has 19 heteroatoms. The molecule has 0 saturated heterocycles. The first-order valence-electron chi connectivity index (χ1n) is 14.8. The summed E-state index contributed by atoms with van der Waals surface area (Å²) in [5.41, 5.74) is 2.51. The van der Waals surface area contributed by atoms with Gasteiger partial charge in [0.05, 0.1) is 14.7 Å². The van der Waals surface area contributed by atoms with E-state index < -0.39 is 48.2 Å². The third-order valence-electron chi connectivity index (χ3n) is 6.82. The molecule has 0 atom stereocenters. The molecule has 0 radical (unpaired) electrons. The zero-order valence-electron chi connectivity index (χ0n) is 27.0. The summed E-state index contributed by atoms with van der Waals surface area (Å²) in [6.45, 7) is 5.41. The minimum Gasteiger partial charge on any atom is -0.336 e. The van der Waals surface area contributed by atoms with Gasteiger partial charge in [-0.2, -0.15) is 0 Å². The highest BCUT2D eigenvalue weighted by atomic mass is 32.2. The fraction of sp³-hybridized carbons (Fsp3) is 0.300. The van der Waals surface area contributed by atoms with Gasteiger partial charge in [0.25, 0.3) is 30.1 Å². The predicted molar refractivity (Wildman–Crippen MR) is 181 cm³/mol. The highest BCUT2D eigenvalue weighted by Gasteiger charge is 2.20.